The first-order valence-electron chi connectivity index (χ1n) is 6.57. The van der Waals surface area contributed by atoms with E-state index in [1.165, 1.54) is 45.4 Å². The van der Waals surface area contributed by atoms with Crippen molar-refractivity contribution < 1.29 is 0 Å². The molecule has 0 atom stereocenters. The van der Waals surface area contributed by atoms with Gasteiger partial charge in [-0.15, -0.1) is 0 Å². The second-order valence-electron chi connectivity index (χ2n) is 3.96. The van der Waals surface area contributed by atoms with Gasteiger partial charge in [-0.2, -0.15) is 0 Å². The molecule has 0 aliphatic heterocycles. The first-order chi connectivity index (χ1) is 7.20. The van der Waals surface area contributed by atoms with Gasteiger partial charge in [-0.3, -0.25) is 0 Å². The second kappa shape index (κ2) is 13.9. The van der Waals surface area contributed by atoms with Gasteiger partial charge < -0.3 is 9.80 Å². The third-order valence-corrected chi connectivity index (χ3v) is 2.36. The molecule has 0 aliphatic rings. The average molecular weight is 216 g/mol. The van der Waals surface area contributed by atoms with Gasteiger partial charge in [0.15, 0.2) is 0 Å². The Balaban J connectivity index is 0. The van der Waals surface area contributed by atoms with E-state index in [1.54, 1.807) is 0 Å². The van der Waals surface area contributed by atoms with Crippen molar-refractivity contribution in [1.29, 1.82) is 0 Å². The molecule has 2 nitrogen and oxygen atoms in total. The normalized spacial score (nSPS) is 10.4. The lowest BCUT2D eigenvalue weighted by molar-refractivity contribution is 0.254. The van der Waals surface area contributed by atoms with Gasteiger partial charge in [0, 0.05) is 13.1 Å². The molecule has 15 heavy (non-hydrogen) atoms. The number of rotatable bonds is 8. The number of hydrogen-bond donors (Lipinski definition) is 0. The van der Waals surface area contributed by atoms with Crippen LogP contribution in [0.1, 0.15) is 47.0 Å². The van der Waals surface area contributed by atoms with Crippen molar-refractivity contribution in [2.45, 2.75) is 47.0 Å². The molecule has 0 heterocycles. The summed E-state index contributed by atoms with van der Waals surface area (Å²) < 4.78 is 0. The summed E-state index contributed by atoms with van der Waals surface area (Å²) in [4.78, 5) is 4.83. The van der Waals surface area contributed by atoms with Crippen LogP contribution in [0.15, 0.2) is 0 Å². The van der Waals surface area contributed by atoms with Crippen LogP contribution in [0.25, 0.3) is 0 Å². The van der Waals surface area contributed by atoms with Crippen molar-refractivity contribution in [3.8, 4) is 0 Å². The van der Waals surface area contributed by atoms with E-state index < -0.39 is 0 Å². The van der Waals surface area contributed by atoms with Gasteiger partial charge in [0.05, 0.1) is 0 Å². The van der Waals surface area contributed by atoms with Crippen LogP contribution in [-0.2, 0) is 0 Å². The minimum atomic E-state index is 1.20. The van der Waals surface area contributed by atoms with Crippen LogP contribution >= 0.6 is 0 Å². The summed E-state index contributed by atoms with van der Waals surface area (Å²) in [6.07, 6.45) is 3.89. The minimum Gasteiger partial charge on any atom is -0.305 e. The van der Waals surface area contributed by atoms with E-state index in [9.17, 15) is 0 Å². The first-order valence-corrected chi connectivity index (χ1v) is 6.57. The van der Waals surface area contributed by atoms with Crippen LogP contribution in [0, 0.1) is 0 Å². The molecule has 0 amide bonds. The van der Waals surface area contributed by atoms with Gasteiger partial charge in [-0.25, -0.2) is 0 Å². The molecule has 0 fully saturated rings. The highest BCUT2D eigenvalue weighted by atomic mass is 15.2. The fourth-order valence-electron chi connectivity index (χ4n) is 1.37. The lowest BCUT2D eigenvalue weighted by atomic mass is 10.3. The Morgan fingerprint density at radius 1 is 0.667 bits per heavy atom. The highest BCUT2D eigenvalue weighted by molar-refractivity contribution is 4.56. The third kappa shape index (κ3) is 13.9. The van der Waals surface area contributed by atoms with E-state index >= 15 is 0 Å². The standard InChI is InChI=1S/C11H26N2.C2H6/c1-5-7-9-13(4)11-10-12(3)8-6-2;1-2/h5-11H2,1-4H3;1-2H3. The monoisotopic (exact) mass is 216 g/mol. The van der Waals surface area contributed by atoms with Gasteiger partial charge in [-0.1, -0.05) is 34.1 Å². The smallest absolute Gasteiger partial charge is 0.0106 e. The van der Waals surface area contributed by atoms with E-state index in [-0.39, 0.29) is 0 Å². The zero-order valence-corrected chi connectivity index (χ0v) is 11.8. The third-order valence-electron chi connectivity index (χ3n) is 2.36. The van der Waals surface area contributed by atoms with Crippen LogP contribution in [0.2, 0.25) is 0 Å². The number of likely N-dealkylation sites (N-methyl/N-ethyl adjacent to an activating group) is 2. The van der Waals surface area contributed by atoms with E-state index in [4.69, 9.17) is 0 Å². The zero-order chi connectivity index (χ0) is 12.1. The molecule has 0 unspecified atom stereocenters. The highest BCUT2D eigenvalue weighted by Crippen LogP contribution is 1.92. The molecule has 0 radical (unpaired) electrons. The van der Waals surface area contributed by atoms with Crippen LogP contribution in [0.4, 0.5) is 0 Å². The van der Waals surface area contributed by atoms with Gasteiger partial charge in [-0.05, 0) is 40.0 Å². The summed E-state index contributed by atoms with van der Waals surface area (Å²) >= 11 is 0. The van der Waals surface area contributed by atoms with E-state index in [2.05, 4.69) is 37.7 Å². The fourth-order valence-corrected chi connectivity index (χ4v) is 1.37. The predicted molar refractivity (Wildman–Crippen MR) is 71.5 cm³/mol. The summed E-state index contributed by atoms with van der Waals surface area (Å²) in [6, 6.07) is 0. The average Bonchev–Trinajstić information content (AvgIpc) is 2.26. The van der Waals surface area contributed by atoms with Crippen LogP contribution in [0.3, 0.4) is 0 Å². The summed E-state index contributed by atoms with van der Waals surface area (Å²) in [5.41, 5.74) is 0. The van der Waals surface area contributed by atoms with E-state index in [0.717, 1.165) is 0 Å². The topological polar surface area (TPSA) is 6.48 Å². The molecule has 0 saturated heterocycles. The lowest BCUT2D eigenvalue weighted by Crippen LogP contribution is -2.31. The SMILES string of the molecule is CC.CCCCN(C)CCN(C)CCC. The Bertz CT molecular complexity index is 105. The minimum absolute atomic E-state index is 1.20. The van der Waals surface area contributed by atoms with Gasteiger partial charge >= 0.3 is 0 Å². The Morgan fingerprint density at radius 2 is 1.13 bits per heavy atom. The van der Waals surface area contributed by atoms with Gasteiger partial charge in [0.1, 0.15) is 0 Å². The van der Waals surface area contributed by atoms with Crippen molar-refractivity contribution in [3.63, 3.8) is 0 Å². The van der Waals surface area contributed by atoms with Crippen LogP contribution < -0.4 is 0 Å². The lowest BCUT2D eigenvalue weighted by Gasteiger charge is -2.21. The van der Waals surface area contributed by atoms with Gasteiger partial charge in [0.2, 0.25) is 0 Å². The van der Waals surface area contributed by atoms with Crippen molar-refractivity contribution in [2.75, 3.05) is 40.3 Å². The number of nitrogens with zero attached hydrogens (tertiary/aromatic N) is 2. The molecule has 0 bridgehead atoms. The Labute approximate surface area is 97.6 Å². The molecule has 0 spiro atoms. The number of hydrogen-bond acceptors (Lipinski definition) is 2. The molecule has 0 aromatic carbocycles. The van der Waals surface area contributed by atoms with Crippen molar-refractivity contribution in [2.24, 2.45) is 0 Å². The van der Waals surface area contributed by atoms with E-state index in [1.807, 2.05) is 13.8 Å². The maximum absolute atomic E-state index is 2.43. The van der Waals surface area contributed by atoms with Crippen molar-refractivity contribution in [3.05, 3.63) is 0 Å². The molecule has 0 aromatic rings. The maximum Gasteiger partial charge on any atom is 0.0106 e. The van der Waals surface area contributed by atoms with Crippen molar-refractivity contribution >= 4 is 0 Å². The quantitative estimate of drug-likeness (QED) is 0.615. The molecule has 0 aliphatic carbocycles. The molecular formula is C13H32N2. The summed E-state index contributed by atoms with van der Waals surface area (Å²) in [5, 5.41) is 0. The van der Waals surface area contributed by atoms with E-state index in [0.29, 0.717) is 0 Å². The maximum atomic E-state index is 2.43. The van der Waals surface area contributed by atoms with Crippen LogP contribution in [0.5, 0.6) is 0 Å². The molecule has 2 heteroatoms. The fraction of sp³-hybridized carbons (Fsp3) is 1.00. The zero-order valence-electron chi connectivity index (χ0n) is 11.8. The first kappa shape index (κ1) is 17.3. The van der Waals surface area contributed by atoms with Crippen LogP contribution in [-0.4, -0.2) is 50.1 Å². The summed E-state index contributed by atoms with van der Waals surface area (Å²) in [5.74, 6) is 0. The highest BCUT2D eigenvalue weighted by Gasteiger charge is 1.99. The Kier molecular flexibility index (Phi) is 16.1. The number of unbranched alkanes of at least 4 members (excludes halogenated alkanes) is 1. The second-order valence-corrected chi connectivity index (χ2v) is 3.96. The molecular weight excluding hydrogens is 184 g/mol. The molecule has 0 N–H and O–H groups in total. The van der Waals surface area contributed by atoms with Crippen molar-refractivity contribution in [1.82, 2.24) is 9.80 Å². The predicted octanol–water partition coefficient (Wildman–Crippen LogP) is 3.09. The molecule has 0 aromatic heterocycles. The Hall–Kier alpha value is -0.0800. The Morgan fingerprint density at radius 3 is 1.53 bits per heavy atom. The molecule has 0 saturated carbocycles. The summed E-state index contributed by atoms with van der Waals surface area (Å²) in [6.45, 7) is 13.4. The molecule has 0 rings (SSSR count). The molecule has 94 valence electrons. The largest absolute Gasteiger partial charge is 0.305 e. The van der Waals surface area contributed by atoms with Gasteiger partial charge in [0.25, 0.3) is 0 Å². The summed E-state index contributed by atoms with van der Waals surface area (Å²) in [7, 11) is 4.42.